The third kappa shape index (κ3) is 9.32. The Morgan fingerprint density at radius 2 is 1.25 bits per heavy atom. The Labute approximate surface area is 61.8 Å². The molecule has 1 nitrogen and oxygen atoms in total. The Hall–Kier alpha value is 1.71. The molecule has 0 heterocycles. The quantitative estimate of drug-likeness (QED) is 0.416. The Morgan fingerprint density at radius 3 is 1.25 bits per heavy atom. The maximum atomic E-state index is 8.06. The van der Waals surface area contributed by atoms with Gasteiger partial charge in [-0.15, -0.1) is 0 Å². The van der Waals surface area contributed by atoms with E-state index in [1.807, 2.05) is 0 Å². The molecular formula is H2MgMnOZn. The van der Waals surface area contributed by atoms with Crippen LogP contribution in [0, 0.1) is 0 Å². The average molecular weight is 163 g/mol. The standard InChI is InChI=1S/Mg.Mn.O.Zn.2H. The summed E-state index contributed by atoms with van der Waals surface area (Å²) in [5, 5.41) is 0. The van der Waals surface area contributed by atoms with Gasteiger partial charge in [-0.3, -0.25) is 0 Å². The molecule has 0 aliphatic carbocycles. The Kier molecular flexibility index (Phi) is 95.6. The molecule has 4 heavy (non-hydrogen) atoms. The third-order valence-corrected chi connectivity index (χ3v) is 0. The van der Waals surface area contributed by atoms with Crippen LogP contribution in [0.4, 0.5) is 0 Å². The Bertz CT molecular complexity index is 8.00. The van der Waals surface area contributed by atoms with Crippen molar-refractivity contribution in [1.29, 1.82) is 0 Å². The SMILES string of the molecule is [MgH2].[O]=[Mn].[Zn]. The van der Waals surface area contributed by atoms with Crippen molar-refractivity contribution in [2.75, 3.05) is 0 Å². The van der Waals surface area contributed by atoms with Gasteiger partial charge in [-0.1, -0.05) is 0 Å². The molecule has 0 N–H and O–H groups in total. The van der Waals surface area contributed by atoms with E-state index < -0.39 is 0 Å². The summed E-state index contributed by atoms with van der Waals surface area (Å²) in [6.07, 6.45) is 0. The van der Waals surface area contributed by atoms with Crippen LogP contribution in [0.1, 0.15) is 0 Å². The second kappa shape index (κ2) is 22.2. The van der Waals surface area contributed by atoms with E-state index in [2.05, 4.69) is 0 Å². The molecule has 0 bridgehead atoms. The van der Waals surface area contributed by atoms with Crippen molar-refractivity contribution in [3.05, 3.63) is 0 Å². The molecule has 0 aromatic heterocycles. The average Bonchev–Trinajstić information content (AvgIpc) is 1.00. The molecule has 0 aromatic rings. The molecule has 0 radical (unpaired) electrons. The van der Waals surface area contributed by atoms with Crippen LogP contribution in [0.3, 0.4) is 0 Å². The van der Waals surface area contributed by atoms with Gasteiger partial charge in [0, 0.05) is 19.5 Å². The summed E-state index contributed by atoms with van der Waals surface area (Å²) in [5.41, 5.74) is 0. The smallest absolute Gasteiger partial charge is 0 e. The van der Waals surface area contributed by atoms with Crippen molar-refractivity contribution < 1.29 is 39.3 Å². The van der Waals surface area contributed by atoms with Crippen molar-refractivity contribution in [2.24, 2.45) is 0 Å². The first kappa shape index (κ1) is 17.3. The zero-order valence-electron chi connectivity index (χ0n) is 1.49. The largest absolute Gasteiger partial charge is 0 e. The summed E-state index contributed by atoms with van der Waals surface area (Å²) in [7, 11) is 0. The predicted octanol–water partition coefficient (Wildman–Crippen LogP) is -1.04. The zero-order chi connectivity index (χ0) is 2.00. The molecule has 4 heteroatoms. The van der Waals surface area contributed by atoms with Gasteiger partial charge in [-0.2, -0.15) is 0 Å². The van der Waals surface area contributed by atoms with Crippen molar-refractivity contribution in [2.45, 2.75) is 0 Å². The van der Waals surface area contributed by atoms with E-state index in [0.29, 0.717) is 0 Å². The predicted molar refractivity (Wildman–Crippen MR) is 9.23 cm³/mol. The second-order valence-corrected chi connectivity index (χ2v) is 0. The minimum atomic E-state index is 0. The minimum absolute atomic E-state index is 0. The molecule has 0 saturated heterocycles. The topological polar surface area (TPSA) is 17.1 Å². The molecule has 0 atom stereocenters. The third-order valence-electron chi connectivity index (χ3n) is 0. The fraction of sp³-hybridized carbons (Fsp3) is 0. The molecule has 0 aromatic carbocycles. The first-order valence-electron chi connectivity index (χ1n) is 0.154. The molecule has 0 aliphatic heterocycles. The zero-order valence-corrected chi connectivity index (χ0v) is 5.64. The summed E-state index contributed by atoms with van der Waals surface area (Å²) in [6, 6.07) is 0. The van der Waals surface area contributed by atoms with E-state index in [1.54, 1.807) is 15.9 Å². The van der Waals surface area contributed by atoms with Crippen molar-refractivity contribution >= 4 is 23.1 Å². The van der Waals surface area contributed by atoms with Gasteiger partial charge >= 0.3 is 42.8 Å². The van der Waals surface area contributed by atoms with Gasteiger partial charge in [0.05, 0.1) is 0 Å². The molecular weight excluding hydrogens is 161 g/mol. The maximum absolute atomic E-state index is 8.06. The number of hydrogen-bond donors (Lipinski definition) is 0. The van der Waals surface area contributed by atoms with E-state index in [4.69, 9.17) is 3.83 Å². The van der Waals surface area contributed by atoms with E-state index in [0.717, 1.165) is 0 Å². The molecule has 0 fully saturated rings. The van der Waals surface area contributed by atoms with Crippen LogP contribution in [-0.2, 0) is 39.3 Å². The number of rotatable bonds is 0. The van der Waals surface area contributed by atoms with Crippen LogP contribution in [0.5, 0.6) is 0 Å². The fourth-order valence-corrected chi connectivity index (χ4v) is 0. The van der Waals surface area contributed by atoms with Gasteiger partial charge in [0.1, 0.15) is 0 Å². The van der Waals surface area contributed by atoms with Crippen LogP contribution in [0.2, 0.25) is 0 Å². The van der Waals surface area contributed by atoms with Crippen LogP contribution < -0.4 is 0 Å². The van der Waals surface area contributed by atoms with E-state index in [9.17, 15) is 0 Å². The summed E-state index contributed by atoms with van der Waals surface area (Å²) >= 11 is 1.69. The molecule has 0 rings (SSSR count). The van der Waals surface area contributed by atoms with Gasteiger partial charge in [0.15, 0.2) is 0 Å². The van der Waals surface area contributed by atoms with Crippen LogP contribution >= 0.6 is 0 Å². The first-order valence-corrected chi connectivity index (χ1v) is 0.636. The van der Waals surface area contributed by atoms with Gasteiger partial charge in [0.2, 0.25) is 0 Å². The van der Waals surface area contributed by atoms with Gasteiger partial charge in [-0.05, 0) is 0 Å². The monoisotopic (exact) mass is 161 g/mol. The molecule has 0 spiro atoms. The van der Waals surface area contributed by atoms with Crippen LogP contribution in [0.25, 0.3) is 0 Å². The summed E-state index contributed by atoms with van der Waals surface area (Å²) in [6.45, 7) is 0. The Balaban J connectivity index is -0.00000000500. The van der Waals surface area contributed by atoms with Crippen LogP contribution in [0.15, 0.2) is 0 Å². The van der Waals surface area contributed by atoms with E-state index >= 15 is 0 Å². The molecule has 0 aliphatic rings. The second-order valence-electron chi connectivity index (χ2n) is 0. The van der Waals surface area contributed by atoms with Crippen molar-refractivity contribution in [3.8, 4) is 0 Å². The number of hydrogen-bond acceptors (Lipinski definition) is 1. The van der Waals surface area contributed by atoms with Crippen LogP contribution in [-0.4, -0.2) is 23.1 Å². The summed E-state index contributed by atoms with van der Waals surface area (Å²) in [5.74, 6) is 0. The first-order chi connectivity index (χ1) is 1.00. The maximum Gasteiger partial charge on any atom is 0 e. The molecule has 0 amide bonds. The van der Waals surface area contributed by atoms with Crippen molar-refractivity contribution in [3.63, 3.8) is 0 Å². The fourth-order valence-electron chi connectivity index (χ4n) is 0. The minimum Gasteiger partial charge on any atom is 0 e. The van der Waals surface area contributed by atoms with E-state index in [1.165, 1.54) is 0 Å². The normalized spacial score (nSPS) is 1.00. The molecule has 0 unspecified atom stereocenters. The van der Waals surface area contributed by atoms with Gasteiger partial charge in [-0.25, -0.2) is 0 Å². The Morgan fingerprint density at radius 1 is 1.25 bits per heavy atom. The summed E-state index contributed by atoms with van der Waals surface area (Å²) < 4.78 is 8.06. The molecule has 19 valence electrons. The van der Waals surface area contributed by atoms with E-state index in [-0.39, 0.29) is 42.5 Å². The summed E-state index contributed by atoms with van der Waals surface area (Å²) in [4.78, 5) is 0. The van der Waals surface area contributed by atoms with Gasteiger partial charge < -0.3 is 0 Å². The molecule has 0 saturated carbocycles. The van der Waals surface area contributed by atoms with Crippen molar-refractivity contribution in [1.82, 2.24) is 0 Å². The van der Waals surface area contributed by atoms with Gasteiger partial charge in [0.25, 0.3) is 0 Å².